The molecule has 0 bridgehead atoms. The Labute approximate surface area is 269 Å². The van der Waals surface area contributed by atoms with Gasteiger partial charge in [0, 0.05) is 33.5 Å². The Morgan fingerprint density at radius 2 is 1.30 bits per heavy atom. The standard InChI is InChI=1S/C44H35NO/c1-24(2)26-12-14-28-22-40-36(18-30(28)16-26)38-20-32(33-9-7-10-35-34-8-5-6-11-42(34)46-44(33)35)21-39-37-19-31-17-27(25(3)4)13-15-29(31)23-41(37)45(40)43(38)39/h5-25,38,43H,1-4H3. The largest absolute Gasteiger partial charge is 0.455 e. The summed E-state index contributed by atoms with van der Waals surface area (Å²) in [7, 11) is 0. The van der Waals surface area contributed by atoms with Gasteiger partial charge in [-0.2, -0.15) is 0 Å². The van der Waals surface area contributed by atoms with Crippen LogP contribution in [-0.2, 0) is 0 Å². The van der Waals surface area contributed by atoms with Crippen LogP contribution in [0.4, 0.5) is 11.4 Å². The smallest absolute Gasteiger partial charge is 0.143 e. The van der Waals surface area contributed by atoms with Crippen LogP contribution in [-0.4, -0.2) is 6.04 Å². The van der Waals surface area contributed by atoms with Crippen molar-refractivity contribution in [3.8, 4) is 0 Å². The lowest BCUT2D eigenvalue weighted by molar-refractivity contribution is 0.667. The Kier molecular flexibility index (Phi) is 5.25. The molecule has 1 aromatic heterocycles. The van der Waals surface area contributed by atoms with Gasteiger partial charge in [-0.15, -0.1) is 0 Å². The molecule has 0 saturated heterocycles. The number of furan rings is 1. The van der Waals surface area contributed by atoms with Crippen molar-refractivity contribution < 1.29 is 4.42 Å². The zero-order chi connectivity index (χ0) is 30.8. The Hall–Kier alpha value is -5.08. The molecule has 6 aromatic carbocycles. The van der Waals surface area contributed by atoms with Gasteiger partial charge in [-0.05, 0) is 97.6 Å². The van der Waals surface area contributed by atoms with Gasteiger partial charge in [0.1, 0.15) is 11.2 Å². The van der Waals surface area contributed by atoms with Gasteiger partial charge in [-0.25, -0.2) is 0 Å². The lowest BCUT2D eigenvalue weighted by Gasteiger charge is -2.26. The molecule has 222 valence electrons. The summed E-state index contributed by atoms with van der Waals surface area (Å²) in [5.41, 5.74) is 13.9. The molecule has 7 aromatic rings. The fourth-order valence-corrected chi connectivity index (χ4v) is 8.40. The van der Waals surface area contributed by atoms with Crippen LogP contribution in [0, 0.1) is 0 Å². The highest BCUT2D eigenvalue weighted by Crippen LogP contribution is 2.60. The van der Waals surface area contributed by atoms with Crippen LogP contribution in [0.2, 0.25) is 0 Å². The lowest BCUT2D eigenvalue weighted by Crippen LogP contribution is -2.26. The predicted molar refractivity (Wildman–Crippen MR) is 194 cm³/mol. The number of hydrogen-bond acceptors (Lipinski definition) is 2. The van der Waals surface area contributed by atoms with E-state index in [2.05, 4.69) is 148 Å². The predicted octanol–water partition coefficient (Wildman–Crippen LogP) is 12.2. The van der Waals surface area contributed by atoms with Crippen LogP contribution < -0.4 is 4.90 Å². The van der Waals surface area contributed by atoms with Crippen molar-refractivity contribution in [1.82, 2.24) is 0 Å². The molecule has 46 heavy (non-hydrogen) atoms. The maximum Gasteiger partial charge on any atom is 0.143 e. The van der Waals surface area contributed by atoms with Gasteiger partial charge in [0.05, 0.1) is 11.7 Å². The van der Waals surface area contributed by atoms with Gasteiger partial charge in [-0.1, -0.05) is 107 Å². The van der Waals surface area contributed by atoms with Crippen molar-refractivity contribution in [3.63, 3.8) is 0 Å². The van der Waals surface area contributed by atoms with E-state index >= 15 is 0 Å². The number of anilines is 2. The fraction of sp³-hybridized carbons (Fsp3) is 0.182. The molecule has 0 radical (unpaired) electrons. The molecule has 2 unspecified atom stereocenters. The normalized spacial score (nSPS) is 18.2. The van der Waals surface area contributed by atoms with Crippen LogP contribution in [0.1, 0.15) is 73.3 Å². The molecule has 2 atom stereocenters. The molecule has 2 nitrogen and oxygen atoms in total. The molecule has 2 aliphatic heterocycles. The van der Waals surface area contributed by atoms with E-state index in [9.17, 15) is 0 Å². The topological polar surface area (TPSA) is 16.4 Å². The number of benzene rings is 6. The monoisotopic (exact) mass is 593 g/mol. The summed E-state index contributed by atoms with van der Waals surface area (Å²) < 4.78 is 6.57. The van der Waals surface area contributed by atoms with Crippen LogP contribution in [0.5, 0.6) is 0 Å². The van der Waals surface area contributed by atoms with E-state index in [4.69, 9.17) is 4.42 Å². The van der Waals surface area contributed by atoms with Crippen LogP contribution >= 0.6 is 0 Å². The lowest BCUT2D eigenvalue weighted by atomic mass is 9.80. The molecule has 0 amide bonds. The molecule has 0 saturated carbocycles. The van der Waals surface area contributed by atoms with Crippen LogP contribution in [0.15, 0.2) is 120 Å². The number of nitrogens with zero attached hydrogens (tertiary/aromatic N) is 1. The van der Waals surface area contributed by atoms with E-state index in [-0.39, 0.29) is 12.0 Å². The minimum atomic E-state index is 0.235. The zero-order valence-corrected chi connectivity index (χ0v) is 26.6. The molecule has 1 aliphatic carbocycles. The molecular formula is C44H35NO. The van der Waals surface area contributed by atoms with E-state index < -0.39 is 0 Å². The molecule has 3 aliphatic rings. The van der Waals surface area contributed by atoms with E-state index in [0.717, 1.165) is 11.2 Å². The molecular weight excluding hydrogens is 558 g/mol. The number of fused-ring (bicyclic) bond motifs is 11. The maximum atomic E-state index is 6.57. The fourth-order valence-electron chi connectivity index (χ4n) is 8.40. The molecule has 0 spiro atoms. The summed E-state index contributed by atoms with van der Waals surface area (Å²) in [5.74, 6) is 1.23. The highest BCUT2D eigenvalue weighted by molar-refractivity contribution is 6.12. The highest BCUT2D eigenvalue weighted by atomic mass is 16.3. The number of hydrogen-bond donors (Lipinski definition) is 0. The average molecular weight is 594 g/mol. The van der Waals surface area contributed by atoms with Crippen molar-refractivity contribution in [1.29, 1.82) is 0 Å². The molecule has 0 N–H and O–H groups in total. The quantitative estimate of drug-likeness (QED) is 0.203. The summed E-state index contributed by atoms with van der Waals surface area (Å²) in [6.07, 6.45) is 4.98. The first-order chi connectivity index (χ1) is 22.4. The van der Waals surface area contributed by atoms with E-state index in [1.54, 1.807) is 0 Å². The summed E-state index contributed by atoms with van der Waals surface area (Å²) in [4.78, 5) is 2.64. The van der Waals surface area contributed by atoms with E-state index in [1.165, 1.54) is 82.7 Å². The molecule has 3 heterocycles. The van der Waals surface area contributed by atoms with Gasteiger partial charge < -0.3 is 9.32 Å². The first kappa shape index (κ1) is 26.2. The summed E-state index contributed by atoms with van der Waals surface area (Å²) in [6, 6.07) is 39.1. The zero-order valence-electron chi connectivity index (χ0n) is 26.6. The van der Waals surface area contributed by atoms with Crippen molar-refractivity contribution in [2.75, 3.05) is 4.90 Å². The van der Waals surface area contributed by atoms with Gasteiger partial charge >= 0.3 is 0 Å². The van der Waals surface area contributed by atoms with Crippen molar-refractivity contribution in [2.45, 2.75) is 51.5 Å². The van der Waals surface area contributed by atoms with E-state index in [1.807, 2.05) is 0 Å². The second kappa shape index (κ2) is 9.23. The Balaban J connectivity index is 1.25. The Morgan fingerprint density at radius 1 is 0.609 bits per heavy atom. The Bertz CT molecular complexity index is 2500. The summed E-state index contributed by atoms with van der Waals surface area (Å²) >= 11 is 0. The van der Waals surface area contributed by atoms with Crippen molar-refractivity contribution in [2.24, 2.45) is 0 Å². The third kappa shape index (κ3) is 3.53. The van der Waals surface area contributed by atoms with Gasteiger partial charge in [0.2, 0.25) is 0 Å². The number of rotatable bonds is 3. The van der Waals surface area contributed by atoms with Gasteiger partial charge in [-0.3, -0.25) is 0 Å². The third-order valence-corrected chi connectivity index (χ3v) is 10.8. The first-order valence-electron chi connectivity index (χ1n) is 16.7. The van der Waals surface area contributed by atoms with Crippen molar-refractivity contribution in [3.05, 3.63) is 143 Å². The van der Waals surface area contributed by atoms with Crippen molar-refractivity contribution >= 4 is 66.0 Å². The summed E-state index contributed by atoms with van der Waals surface area (Å²) in [6.45, 7) is 9.11. The van der Waals surface area contributed by atoms with Gasteiger partial charge in [0.25, 0.3) is 0 Å². The number of allylic oxidation sites excluding steroid dienone is 2. The third-order valence-electron chi connectivity index (χ3n) is 10.8. The maximum absolute atomic E-state index is 6.57. The van der Waals surface area contributed by atoms with Gasteiger partial charge in [0.15, 0.2) is 0 Å². The number of para-hydroxylation sites is 2. The highest BCUT2D eigenvalue weighted by Gasteiger charge is 2.48. The molecule has 2 heteroatoms. The molecule has 10 rings (SSSR count). The average Bonchev–Trinajstić information content (AvgIpc) is 3.71. The second-order valence-corrected chi connectivity index (χ2v) is 14.1. The van der Waals surface area contributed by atoms with E-state index in [0.29, 0.717) is 11.8 Å². The summed E-state index contributed by atoms with van der Waals surface area (Å²) in [5, 5.41) is 7.60. The van der Waals surface area contributed by atoms with Crippen LogP contribution in [0.3, 0.4) is 0 Å². The Morgan fingerprint density at radius 3 is 2.07 bits per heavy atom. The second-order valence-electron chi connectivity index (χ2n) is 14.1. The molecule has 0 fully saturated rings. The first-order valence-corrected chi connectivity index (χ1v) is 16.7. The minimum absolute atomic E-state index is 0.235. The SMILES string of the molecule is CC(C)c1ccc2cc3c(cc2c1)C1=CC(c2cccc4c2oc2ccccc24)=CC2c4cc5cc(C(C)C)ccc5cc4N3C12. The minimum Gasteiger partial charge on any atom is -0.455 e. The van der Waals surface area contributed by atoms with Crippen LogP contribution in [0.25, 0.3) is 54.6 Å².